The van der Waals surface area contributed by atoms with Gasteiger partial charge in [-0.1, -0.05) is 26.0 Å². The van der Waals surface area contributed by atoms with E-state index in [1.165, 1.54) is 5.56 Å². The first kappa shape index (κ1) is 25.6. The molecule has 0 amide bonds. The van der Waals surface area contributed by atoms with Crippen LogP contribution in [0.3, 0.4) is 0 Å². The molecule has 0 aliphatic carbocycles. The molecule has 2 N–H and O–H groups in total. The van der Waals surface area contributed by atoms with E-state index in [0.717, 1.165) is 57.3 Å². The minimum absolute atomic E-state index is 0. The molecule has 2 heterocycles. The molecule has 1 saturated heterocycles. The van der Waals surface area contributed by atoms with Crippen molar-refractivity contribution in [3.63, 3.8) is 0 Å². The summed E-state index contributed by atoms with van der Waals surface area (Å²) in [5.74, 6) is 1.48. The maximum absolute atomic E-state index is 4.41. The van der Waals surface area contributed by atoms with Gasteiger partial charge in [-0.2, -0.15) is 5.10 Å². The average Bonchev–Trinajstić information content (AvgIpc) is 3.29. The van der Waals surface area contributed by atoms with Gasteiger partial charge >= 0.3 is 0 Å². The van der Waals surface area contributed by atoms with Crippen LogP contribution in [-0.2, 0) is 6.42 Å². The average molecular weight is 540 g/mol. The molecular weight excluding hydrogens is 501 g/mol. The summed E-state index contributed by atoms with van der Waals surface area (Å²) in [7, 11) is 4.05. The van der Waals surface area contributed by atoms with Gasteiger partial charge in [-0.25, -0.2) is 4.68 Å². The van der Waals surface area contributed by atoms with E-state index in [0.29, 0.717) is 12.0 Å². The third kappa shape index (κ3) is 7.76. The highest BCUT2D eigenvalue weighted by Crippen LogP contribution is 2.13. The highest BCUT2D eigenvalue weighted by Gasteiger charge is 2.24. The second-order valence-corrected chi connectivity index (χ2v) is 8.40. The summed E-state index contributed by atoms with van der Waals surface area (Å²) < 4.78 is 1.87. The SMILES string of the molecule is CN=C(NCCc1ccc(-n2cccn2)cc1)NCC(C(C)C)N1CCN(C)CC1.I. The van der Waals surface area contributed by atoms with Crippen molar-refractivity contribution >= 4 is 29.9 Å². The normalized spacial score (nSPS) is 16.7. The van der Waals surface area contributed by atoms with Gasteiger partial charge in [-0.3, -0.25) is 9.89 Å². The molecule has 0 saturated carbocycles. The highest BCUT2D eigenvalue weighted by molar-refractivity contribution is 14.0. The van der Waals surface area contributed by atoms with Crippen LogP contribution in [0.4, 0.5) is 0 Å². The van der Waals surface area contributed by atoms with Crippen molar-refractivity contribution in [1.29, 1.82) is 0 Å². The maximum atomic E-state index is 4.41. The van der Waals surface area contributed by atoms with Gasteiger partial charge in [0.05, 0.1) is 5.69 Å². The lowest BCUT2D eigenvalue weighted by molar-refractivity contribution is 0.0900. The molecule has 0 spiro atoms. The summed E-state index contributed by atoms with van der Waals surface area (Å²) in [6.07, 6.45) is 4.70. The number of piperazine rings is 1. The van der Waals surface area contributed by atoms with Gasteiger partial charge in [-0.05, 0) is 43.1 Å². The van der Waals surface area contributed by atoms with Gasteiger partial charge in [-0.15, -0.1) is 24.0 Å². The molecule has 1 aromatic carbocycles. The topological polar surface area (TPSA) is 60.7 Å². The Morgan fingerprint density at radius 2 is 1.81 bits per heavy atom. The van der Waals surface area contributed by atoms with E-state index in [1.807, 2.05) is 24.0 Å². The molecule has 1 unspecified atom stereocenters. The lowest BCUT2D eigenvalue weighted by Crippen LogP contribution is -2.55. The van der Waals surface area contributed by atoms with Crippen LogP contribution in [0.2, 0.25) is 0 Å². The molecule has 172 valence electrons. The molecule has 1 atom stereocenters. The molecule has 31 heavy (non-hydrogen) atoms. The monoisotopic (exact) mass is 539 g/mol. The molecule has 0 bridgehead atoms. The molecule has 1 aliphatic rings. The fourth-order valence-electron chi connectivity index (χ4n) is 3.92. The van der Waals surface area contributed by atoms with Crippen molar-refractivity contribution < 1.29 is 0 Å². The number of hydrogen-bond acceptors (Lipinski definition) is 4. The van der Waals surface area contributed by atoms with Crippen LogP contribution < -0.4 is 10.6 Å². The third-order valence-corrected chi connectivity index (χ3v) is 5.89. The zero-order valence-electron chi connectivity index (χ0n) is 19.3. The Balaban J connectivity index is 0.00000341. The van der Waals surface area contributed by atoms with E-state index >= 15 is 0 Å². The van der Waals surface area contributed by atoms with Crippen LogP contribution in [0.1, 0.15) is 19.4 Å². The van der Waals surface area contributed by atoms with Crippen molar-refractivity contribution in [2.24, 2.45) is 10.9 Å². The molecular formula is C23H38IN7. The Bertz CT molecular complexity index is 766. The standard InChI is InChI=1S/C23H37N7.HI/c1-19(2)22(29-16-14-28(4)15-17-29)18-26-23(24-3)25-12-10-20-6-8-21(9-7-20)30-13-5-11-27-30;/h5-9,11,13,19,22H,10,12,14-18H2,1-4H3,(H2,24,25,26);1H. The first-order valence-electron chi connectivity index (χ1n) is 11.0. The van der Waals surface area contributed by atoms with E-state index in [4.69, 9.17) is 0 Å². The summed E-state index contributed by atoms with van der Waals surface area (Å²) in [4.78, 5) is 9.43. The van der Waals surface area contributed by atoms with Crippen LogP contribution in [-0.4, -0.2) is 84.9 Å². The lowest BCUT2D eigenvalue weighted by atomic mass is 10.0. The van der Waals surface area contributed by atoms with E-state index in [-0.39, 0.29) is 24.0 Å². The van der Waals surface area contributed by atoms with Crippen LogP contribution in [0.15, 0.2) is 47.7 Å². The van der Waals surface area contributed by atoms with Crippen molar-refractivity contribution in [2.45, 2.75) is 26.3 Å². The number of guanidine groups is 1. The molecule has 0 radical (unpaired) electrons. The molecule has 3 rings (SSSR count). The van der Waals surface area contributed by atoms with Gasteiger partial charge < -0.3 is 15.5 Å². The van der Waals surface area contributed by atoms with Crippen LogP contribution in [0.25, 0.3) is 5.69 Å². The summed E-state index contributed by atoms with van der Waals surface area (Å²) in [6.45, 7) is 11.0. The first-order valence-corrected chi connectivity index (χ1v) is 11.0. The molecule has 7 nitrogen and oxygen atoms in total. The van der Waals surface area contributed by atoms with Gasteiger partial charge in [0.1, 0.15) is 0 Å². The number of aromatic nitrogens is 2. The second kappa shape index (κ2) is 13.0. The number of nitrogens with one attached hydrogen (secondary N) is 2. The van der Waals surface area contributed by atoms with Gasteiger partial charge in [0.25, 0.3) is 0 Å². The van der Waals surface area contributed by atoms with Gasteiger partial charge in [0, 0.05) is 64.8 Å². The lowest BCUT2D eigenvalue weighted by Gasteiger charge is -2.40. The molecule has 1 aromatic heterocycles. The van der Waals surface area contributed by atoms with Gasteiger partial charge in [0.15, 0.2) is 5.96 Å². The Kier molecular flexibility index (Phi) is 10.8. The summed E-state index contributed by atoms with van der Waals surface area (Å²) in [5.41, 5.74) is 2.38. The fourth-order valence-corrected chi connectivity index (χ4v) is 3.92. The van der Waals surface area contributed by atoms with Crippen LogP contribution in [0.5, 0.6) is 0 Å². The largest absolute Gasteiger partial charge is 0.356 e. The smallest absolute Gasteiger partial charge is 0.191 e. The minimum Gasteiger partial charge on any atom is -0.356 e. The molecule has 8 heteroatoms. The Hall–Kier alpha value is -1.65. The fraction of sp³-hybridized carbons (Fsp3) is 0.565. The summed E-state index contributed by atoms with van der Waals surface area (Å²) >= 11 is 0. The Labute approximate surface area is 204 Å². The molecule has 2 aromatic rings. The third-order valence-electron chi connectivity index (χ3n) is 5.89. The second-order valence-electron chi connectivity index (χ2n) is 8.40. The number of rotatable bonds is 8. The zero-order valence-corrected chi connectivity index (χ0v) is 21.6. The van der Waals surface area contributed by atoms with Crippen LogP contribution >= 0.6 is 24.0 Å². The summed E-state index contributed by atoms with van der Waals surface area (Å²) in [5, 5.41) is 11.3. The number of likely N-dealkylation sites (N-methyl/N-ethyl adjacent to an activating group) is 1. The predicted molar refractivity (Wildman–Crippen MR) is 140 cm³/mol. The number of aliphatic imine (C=N–C) groups is 1. The predicted octanol–water partition coefficient (Wildman–Crippen LogP) is 2.47. The van der Waals surface area contributed by atoms with E-state index < -0.39 is 0 Å². The summed E-state index contributed by atoms with van der Waals surface area (Å²) in [6, 6.07) is 11.0. The Morgan fingerprint density at radius 3 is 2.39 bits per heavy atom. The van der Waals surface area contributed by atoms with Crippen molar-refractivity contribution in [3.8, 4) is 5.69 Å². The van der Waals surface area contributed by atoms with E-state index in [2.05, 4.69) is 75.7 Å². The highest BCUT2D eigenvalue weighted by atomic mass is 127. The number of nitrogens with zero attached hydrogens (tertiary/aromatic N) is 5. The van der Waals surface area contributed by atoms with Crippen molar-refractivity contribution in [1.82, 2.24) is 30.2 Å². The van der Waals surface area contributed by atoms with Gasteiger partial charge in [0.2, 0.25) is 0 Å². The van der Waals surface area contributed by atoms with Crippen molar-refractivity contribution in [3.05, 3.63) is 48.3 Å². The quantitative estimate of drug-likeness (QED) is 0.307. The first-order chi connectivity index (χ1) is 14.6. The number of halogens is 1. The number of benzene rings is 1. The zero-order chi connectivity index (χ0) is 21.3. The number of hydrogen-bond donors (Lipinski definition) is 2. The van der Waals surface area contributed by atoms with E-state index in [1.54, 1.807) is 6.20 Å². The Morgan fingerprint density at radius 1 is 1.10 bits per heavy atom. The van der Waals surface area contributed by atoms with Crippen LogP contribution in [0, 0.1) is 5.92 Å². The molecule has 1 fully saturated rings. The molecule has 1 aliphatic heterocycles. The van der Waals surface area contributed by atoms with E-state index in [9.17, 15) is 0 Å². The maximum Gasteiger partial charge on any atom is 0.191 e. The van der Waals surface area contributed by atoms with Crippen molar-refractivity contribution in [2.75, 3.05) is 53.4 Å². The minimum atomic E-state index is 0.